The molecule has 0 aromatic rings. The summed E-state index contributed by atoms with van der Waals surface area (Å²) in [7, 11) is 1.71. The van der Waals surface area contributed by atoms with Crippen LogP contribution in [-0.2, 0) is 28.7 Å². The third kappa shape index (κ3) is 21.7. The van der Waals surface area contributed by atoms with Crippen molar-refractivity contribution in [2.45, 2.75) is 137 Å². The molecule has 1 aliphatic heterocycles. The van der Waals surface area contributed by atoms with E-state index < -0.39 is 41.8 Å². The van der Waals surface area contributed by atoms with Crippen LogP contribution in [0, 0.1) is 5.92 Å². The van der Waals surface area contributed by atoms with E-state index in [1.807, 2.05) is 27.7 Å². The van der Waals surface area contributed by atoms with Crippen molar-refractivity contribution in [2.24, 2.45) is 5.92 Å². The minimum Gasteiger partial charge on any atom is -0.481 e. The lowest BCUT2D eigenvalue weighted by Crippen LogP contribution is -2.54. The lowest BCUT2D eigenvalue weighted by Gasteiger charge is -2.30. The van der Waals surface area contributed by atoms with Gasteiger partial charge in [-0.2, -0.15) is 0 Å². The van der Waals surface area contributed by atoms with Crippen molar-refractivity contribution in [2.75, 3.05) is 13.7 Å². The maximum atomic E-state index is 13.1. The summed E-state index contributed by atoms with van der Waals surface area (Å²) in [5.41, 5.74) is -0.715. The van der Waals surface area contributed by atoms with Gasteiger partial charge in [0.05, 0.1) is 5.60 Å². The topological polar surface area (TPSA) is 172 Å². The number of likely N-dealkylation sites (tertiary alicyclic amines) is 1. The summed E-state index contributed by atoms with van der Waals surface area (Å²) >= 11 is 0. The third-order valence-electron chi connectivity index (χ3n) is 5.50. The molecule has 1 fully saturated rings. The predicted octanol–water partition coefficient (Wildman–Crippen LogP) is 3.28. The molecule has 0 aromatic heterocycles. The van der Waals surface area contributed by atoms with E-state index in [-0.39, 0.29) is 30.4 Å². The number of hydrogen-bond donors (Lipinski definition) is 4. The zero-order valence-corrected chi connectivity index (χ0v) is 26.9. The van der Waals surface area contributed by atoms with E-state index in [0.29, 0.717) is 31.6 Å². The van der Waals surface area contributed by atoms with E-state index >= 15 is 0 Å². The number of aliphatic hydroxyl groups excluding tert-OH is 1. The summed E-state index contributed by atoms with van der Waals surface area (Å²) < 4.78 is 10.1. The summed E-state index contributed by atoms with van der Waals surface area (Å²) in [4.78, 5) is 59.7. The number of carbonyl (C=O) groups is 5. The van der Waals surface area contributed by atoms with Gasteiger partial charge < -0.3 is 40.0 Å². The Morgan fingerprint density at radius 1 is 1.00 bits per heavy atom. The second kappa shape index (κ2) is 19.4. The first-order valence-electron chi connectivity index (χ1n) is 14.1. The average molecular weight is 590 g/mol. The SMILES string of the molecule is CC(C)C[C@@H](C)NC(=O)C1CCCN1C(=O)[C@H](CCC(=O)O)NC(=O)OC(C)(C)C.CC(O)C=O.COC(C)(C)C. The number of hydrogen-bond acceptors (Lipinski definition) is 8. The normalized spacial score (nSPS) is 17.1. The molecule has 41 heavy (non-hydrogen) atoms. The summed E-state index contributed by atoms with van der Waals surface area (Å²) in [6, 6.07) is -1.71. The van der Waals surface area contributed by atoms with Crippen molar-refractivity contribution >= 4 is 30.2 Å². The predicted molar refractivity (Wildman–Crippen MR) is 156 cm³/mol. The fraction of sp³-hybridized carbons (Fsp3) is 0.828. The minimum atomic E-state index is -1.07. The van der Waals surface area contributed by atoms with Crippen LogP contribution in [0.5, 0.6) is 0 Å². The van der Waals surface area contributed by atoms with Crippen LogP contribution in [0.1, 0.15) is 101 Å². The van der Waals surface area contributed by atoms with Gasteiger partial charge >= 0.3 is 12.1 Å². The highest BCUT2D eigenvalue weighted by Crippen LogP contribution is 2.21. The third-order valence-corrected chi connectivity index (χ3v) is 5.50. The van der Waals surface area contributed by atoms with Crippen LogP contribution in [0.15, 0.2) is 0 Å². The molecular weight excluding hydrogens is 534 g/mol. The lowest BCUT2D eigenvalue weighted by atomic mass is 10.0. The molecule has 0 aliphatic carbocycles. The Bertz CT molecular complexity index is 817. The van der Waals surface area contributed by atoms with Crippen LogP contribution in [0.2, 0.25) is 0 Å². The first kappa shape index (κ1) is 40.4. The number of methoxy groups -OCH3 is 1. The van der Waals surface area contributed by atoms with Crippen molar-refractivity contribution in [3.05, 3.63) is 0 Å². The summed E-state index contributed by atoms with van der Waals surface area (Å²) in [5, 5.41) is 22.4. The van der Waals surface area contributed by atoms with E-state index in [4.69, 9.17) is 19.7 Å². The van der Waals surface area contributed by atoms with Crippen LogP contribution < -0.4 is 10.6 Å². The molecule has 12 heteroatoms. The zero-order valence-electron chi connectivity index (χ0n) is 26.9. The fourth-order valence-corrected chi connectivity index (χ4v) is 3.58. The molecule has 0 spiro atoms. The van der Waals surface area contributed by atoms with Gasteiger partial charge in [-0.25, -0.2) is 4.79 Å². The Balaban J connectivity index is 0. The smallest absolute Gasteiger partial charge is 0.408 e. The summed E-state index contributed by atoms with van der Waals surface area (Å²) in [6.07, 6.45) is 0.537. The fourth-order valence-electron chi connectivity index (χ4n) is 3.58. The highest BCUT2D eigenvalue weighted by atomic mass is 16.6. The number of rotatable bonds is 10. The van der Waals surface area contributed by atoms with Crippen molar-refractivity contribution in [1.29, 1.82) is 0 Å². The molecule has 0 radical (unpaired) electrons. The molecule has 240 valence electrons. The number of carboxylic acid groups (broad SMARTS) is 1. The van der Waals surface area contributed by atoms with Gasteiger partial charge in [0.2, 0.25) is 11.8 Å². The molecule has 4 atom stereocenters. The Morgan fingerprint density at radius 3 is 1.90 bits per heavy atom. The number of aldehydes is 1. The van der Waals surface area contributed by atoms with Crippen molar-refractivity contribution < 1.29 is 43.7 Å². The van der Waals surface area contributed by atoms with Gasteiger partial charge in [-0.1, -0.05) is 13.8 Å². The molecule has 1 rings (SSSR count). The number of aliphatic hydroxyl groups is 1. The van der Waals surface area contributed by atoms with Gasteiger partial charge in [-0.15, -0.1) is 0 Å². The maximum absolute atomic E-state index is 13.1. The van der Waals surface area contributed by atoms with E-state index in [2.05, 4.69) is 24.5 Å². The number of nitrogens with zero attached hydrogens (tertiary/aromatic N) is 1. The highest BCUT2D eigenvalue weighted by Gasteiger charge is 2.38. The molecule has 0 bridgehead atoms. The second-order valence-electron chi connectivity index (χ2n) is 12.6. The number of aliphatic carboxylic acids is 1. The van der Waals surface area contributed by atoms with Crippen molar-refractivity contribution in [3.63, 3.8) is 0 Å². The molecule has 3 amide bonds. The maximum Gasteiger partial charge on any atom is 0.408 e. The number of carbonyl (C=O) groups excluding carboxylic acids is 4. The van der Waals surface area contributed by atoms with Crippen LogP contribution in [0.25, 0.3) is 0 Å². The number of ether oxygens (including phenoxy) is 2. The number of alkyl carbamates (subject to hydrolysis) is 1. The number of amides is 3. The van der Waals surface area contributed by atoms with Crippen LogP contribution in [-0.4, -0.2) is 94.4 Å². The quantitative estimate of drug-likeness (QED) is 0.279. The van der Waals surface area contributed by atoms with Gasteiger partial charge in [-0.05, 0) is 87.0 Å². The molecule has 12 nitrogen and oxygen atoms in total. The Kier molecular flexibility index (Phi) is 19.1. The van der Waals surface area contributed by atoms with Crippen molar-refractivity contribution in [3.8, 4) is 0 Å². The minimum absolute atomic E-state index is 0.0160. The monoisotopic (exact) mass is 589 g/mol. The van der Waals surface area contributed by atoms with Gasteiger partial charge in [0, 0.05) is 26.1 Å². The average Bonchev–Trinajstić information content (AvgIpc) is 3.30. The van der Waals surface area contributed by atoms with Gasteiger partial charge in [0.25, 0.3) is 0 Å². The van der Waals surface area contributed by atoms with Crippen LogP contribution in [0.4, 0.5) is 4.79 Å². The van der Waals surface area contributed by atoms with Gasteiger partial charge in [0.1, 0.15) is 30.1 Å². The number of carboxylic acids is 1. The lowest BCUT2D eigenvalue weighted by molar-refractivity contribution is -0.141. The number of nitrogens with one attached hydrogen (secondary N) is 2. The Labute approximate surface area is 245 Å². The summed E-state index contributed by atoms with van der Waals surface area (Å²) in [5.74, 6) is -1.32. The standard InChI is InChI=1S/C21H37N3O6.C5H12O.C3H6O2/c1-13(2)12-14(3)22-18(27)16-8-7-11-24(16)19(28)15(9-10-17(25)26)23-20(29)30-21(4,5)6;1-5(2,3)6-4;1-3(5)2-4/h13-16H,7-12H2,1-6H3,(H,22,27)(H,23,29)(H,25,26);1-4H3;2-3,5H,1H3/t14-,15+,16?;;/m1../s1. The van der Waals surface area contributed by atoms with Gasteiger partial charge in [0.15, 0.2) is 0 Å². The molecule has 0 aromatic carbocycles. The largest absolute Gasteiger partial charge is 0.481 e. The van der Waals surface area contributed by atoms with Gasteiger partial charge in [-0.3, -0.25) is 14.4 Å². The second-order valence-corrected chi connectivity index (χ2v) is 12.6. The highest BCUT2D eigenvalue weighted by molar-refractivity contribution is 5.92. The van der Waals surface area contributed by atoms with E-state index in [9.17, 15) is 24.0 Å². The molecule has 0 saturated carbocycles. The van der Waals surface area contributed by atoms with Crippen LogP contribution >= 0.6 is 0 Å². The summed E-state index contributed by atoms with van der Waals surface area (Å²) in [6.45, 7) is 19.0. The molecule has 1 heterocycles. The van der Waals surface area contributed by atoms with E-state index in [1.54, 1.807) is 27.9 Å². The first-order valence-corrected chi connectivity index (χ1v) is 14.1. The van der Waals surface area contributed by atoms with E-state index in [1.165, 1.54) is 11.8 Å². The van der Waals surface area contributed by atoms with Crippen molar-refractivity contribution in [1.82, 2.24) is 15.5 Å². The molecule has 1 aliphatic rings. The zero-order chi connectivity index (χ0) is 32.6. The molecular formula is C29H55N3O9. The molecule has 4 N–H and O–H groups in total. The Morgan fingerprint density at radius 2 is 1.51 bits per heavy atom. The molecule has 1 saturated heterocycles. The van der Waals surface area contributed by atoms with Crippen LogP contribution in [0.3, 0.4) is 0 Å². The van der Waals surface area contributed by atoms with E-state index in [0.717, 1.165) is 6.42 Å². The molecule has 2 unspecified atom stereocenters. The first-order chi connectivity index (χ1) is 18.6. The Hall–Kier alpha value is -2.73.